The summed E-state index contributed by atoms with van der Waals surface area (Å²) in [5, 5.41) is 12.4. The van der Waals surface area contributed by atoms with Gasteiger partial charge in [0.25, 0.3) is 0 Å². The number of carboxylic acid groups (broad SMARTS) is 1. The van der Waals surface area contributed by atoms with Crippen molar-refractivity contribution in [3.05, 3.63) is 70.9 Å². The van der Waals surface area contributed by atoms with Crippen LogP contribution in [-0.4, -0.2) is 17.1 Å². The molecule has 0 radical (unpaired) electrons. The molecular weight excluding hydrogens is 361 g/mol. The van der Waals surface area contributed by atoms with E-state index in [9.17, 15) is 9.90 Å². The second-order valence-corrected chi connectivity index (χ2v) is 5.99. The third kappa shape index (κ3) is 5.32. The summed E-state index contributed by atoms with van der Waals surface area (Å²) < 4.78 is 5.31. The Balaban J connectivity index is 0.00000243. The van der Waals surface area contributed by atoms with Crippen molar-refractivity contribution in [1.82, 2.24) is 4.98 Å². The molecule has 126 valence electrons. The molecule has 4 nitrogen and oxygen atoms in total. The van der Waals surface area contributed by atoms with Crippen molar-refractivity contribution >= 4 is 40.6 Å². The Hall–Kier alpha value is -1.85. The van der Waals surface area contributed by atoms with Gasteiger partial charge in [0.15, 0.2) is 0 Å². The van der Waals surface area contributed by atoms with Gasteiger partial charge in [-0.25, -0.2) is 4.98 Å². The van der Waals surface area contributed by atoms with Crippen LogP contribution in [0.15, 0.2) is 54.6 Å². The number of benzene rings is 2. The zero-order valence-electron chi connectivity index (χ0n) is 14.5. The van der Waals surface area contributed by atoms with Crippen molar-refractivity contribution in [3.8, 4) is 5.75 Å². The summed E-state index contributed by atoms with van der Waals surface area (Å²) in [7, 11) is 0. The third-order valence-corrected chi connectivity index (χ3v) is 3.86. The van der Waals surface area contributed by atoms with Gasteiger partial charge in [-0.2, -0.15) is 0 Å². The number of rotatable bonds is 5. The predicted molar refractivity (Wildman–Crippen MR) is 97.2 cm³/mol. The molecule has 1 unspecified atom stereocenters. The van der Waals surface area contributed by atoms with E-state index >= 15 is 0 Å². The van der Waals surface area contributed by atoms with E-state index in [2.05, 4.69) is 4.98 Å². The van der Waals surface area contributed by atoms with Crippen LogP contribution in [0.5, 0.6) is 5.75 Å². The van der Waals surface area contributed by atoms with Crippen LogP contribution >= 0.6 is 11.6 Å². The summed E-state index contributed by atoms with van der Waals surface area (Å²) in [6, 6.07) is 16.6. The fraction of sp³-hybridized carbons (Fsp3) is 0.100. The van der Waals surface area contributed by atoms with Gasteiger partial charge in [-0.05, 0) is 48.9 Å². The molecule has 0 amide bonds. The topological polar surface area (TPSA) is 62.2 Å². The van der Waals surface area contributed by atoms with Gasteiger partial charge in [-0.1, -0.05) is 41.9 Å². The normalized spacial score (nSPS) is 11.9. The van der Waals surface area contributed by atoms with E-state index in [-0.39, 0.29) is 29.6 Å². The number of ether oxygens (including phenoxy) is 1. The van der Waals surface area contributed by atoms with Gasteiger partial charge < -0.3 is 14.6 Å². The van der Waals surface area contributed by atoms with Crippen LogP contribution in [0.25, 0.3) is 23.1 Å². The zero-order valence-corrected chi connectivity index (χ0v) is 17.2. The van der Waals surface area contributed by atoms with Gasteiger partial charge >= 0.3 is 29.6 Å². The van der Waals surface area contributed by atoms with E-state index in [0.29, 0.717) is 10.8 Å². The van der Waals surface area contributed by atoms with Gasteiger partial charge in [0.05, 0.1) is 17.2 Å². The summed E-state index contributed by atoms with van der Waals surface area (Å²) >= 11 is 6.01. The Bertz CT molecular complexity index is 959. The fourth-order valence-electron chi connectivity index (χ4n) is 2.32. The summed E-state index contributed by atoms with van der Waals surface area (Å²) in [5.74, 6) is -0.780. The number of halogens is 1. The molecule has 0 spiro atoms. The Labute approximate surface area is 178 Å². The maximum absolute atomic E-state index is 10.8. The number of carbonyl (C=O) groups is 1. The molecule has 0 saturated carbocycles. The summed E-state index contributed by atoms with van der Waals surface area (Å²) in [6.07, 6.45) is 2.75. The van der Waals surface area contributed by atoms with E-state index in [1.54, 1.807) is 18.2 Å². The maximum Gasteiger partial charge on any atom is 1.00 e. The molecule has 2 aromatic carbocycles. The first-order valence-electron chi connectivity index (χ1n) is 7.73. The van der Waals surface area contributed by atoms with E-state index in [4.69, 9.17) is 16.3 Å². The van der Waals surface area contributed by atoms with Gasteiger partial charge in [-0.15, -0.1) is 0 Å². The first kappa shape index (κ1) is 20.5. The number of nitrogens with zero attached hydrogens (tertiary/aromatic N) is 1. The van der Waals surface area contributed by atoms with Crippen LogP contribution in [0.4, 0.5) is 0 Å². The average molecular weight is 376 g/mol. The van der Waals surface area contributed by atoms with Gasteiger partial charge in [0.2, 0.25) is 0 Å². The van der Waals surface area contributed by atoms with Gasteiger partial charge in [0, 0.05) is 10.4 Å². The molecule has 0 saturated heterocycles. The largest absolute Gasteiger partial charge is 1.00 e. The minimum absolute atomic E-state index is 0. The Morgan fingerprint density at radius 3 is 2.69 bits per heavy atom. The number of aromatic nitrogens is 1. The van der Waals surface area contributed by atoms with E-state index in [1.165, 1.54) is 6.92 Å². The Kier molecular flexibility index (Phi) is 7.23. The summed E-state index contributed by atoms with van der Waals surface area (Å²) in [6.45, 7) is 1.43. The average Bonchev–Trinajstić information content (AvgIpc) is 2.59. The van der Waals surface area contributed by atoms with E-state index in [0.717, 1.165) is 22.2 Å². The smallest absolute Gasteiger partial charge is 0.546 e. The minimum atomic E-state index is -1.25. The van der Waals surface area contributed by atoms with Crippen LogP contribution in [0, 0.1) is 0 Å². The van der Waals surface area contributed by atoms with Crippen LogP contribution in [0.2, 0.25) is 5.02 Å². The molecule has 6 heteroatoms. The van der Waals surface area contributed by atoms with Crippen LogP contribution < -0.4 is 39.4 Å². The molecule has 3 rings (SSSR count). The molecule has 1 heterocycles. The number of aliphatic carboxylic acids is 1. The standard InChI is InChI=1S/C20H16ClNO3.Na/c1-13(20(23)24)25-18-4-2-3-14(11-18)5-9-17-10-7-15-6-8-16(21)12-19(15)22-17;/h2-13H,1H3,(H,23,24);/q;+1/p-1/b9-5+;. The molecule has 0 N–H and O–H groups in total. The monoisotopic (exact) mass is 375 g/mol. The van der Waals surface area contributed by atoms with Crippen molar-refractivity contribution in [2.45, 2.75) is 13.0 Å². The predicted octanol–water partition coefficient (Wildman–Crippen LogP) is 0.580. The van der Waals surface area contributed by atoms with Crippen molar-refractivity contribution in [2.24, 2.45) is 0 Å². The Morgan fingerprint density at radius 2 is 1.92 bits per heavy atom. The van der Waals surface area contributed by atoms with Crippen LogP contribution in [0.1, 0.15) is 18.2 Å². The van der Waals surface area contributed by atoms with E-state index < -0.39 is 12.1 Å². The molecular formula is C20H15ClNNaO3. The first-order chi connectivity index (χ1) is 12.0. The van der Waals surface area contributed by atoms with Gasteiger partial charge in [0.1, 0.15) is 11.9 Å². The van der Waals surface area contributed by atoms with Crippen LogP contribution in [0.3, 0.4) is 0 Å². The number of hydrogen-bond acceptors (Lipinski definition) is 4. The maximum atomic E-state index is 10.8. The molecule has 0 fully saturated rings. The SMILES string of the molecule is CC(Oc1cccc(/C=C/c2ccc3ccc(Cl)cc3n2)c1)C(=O)[O-].[Na+]. The molecule has 3 aromatic rings. The van der Waals surface area contributed by atoms with Crippen molar-refractivity contribution in [2.75, 3.05) is 0 Å². The second-order valence-electron chi connectivity index (χ2n) is 5.56. The van der Waals surface area contributed by atoms with Crippen molar-refractivity contribution < 1.29 is 44.2 Å². The molecule has 0 aliphatic carbocycles. The van der Waals surface area contributed by atoms with Gasteiger partial charge in [-0.3, -0.25) is 0 Å². The van der Waals surface area contributed by atoms with Crippen molar-refractivity contribution in [1.29, 1.82) is 0 Å². The van der Waals surface area contributed by atoms with E-state index in [1.807, 2.05) is 48.6 Å². The number of carboxylic acids is 1. The quantitative estimate of drug-likeness (QED) is 0.612. The molecule has 1 atom stereocenters. The minimum Gasteiger partial charge on any atom is -0.546 e. The summed E-state index contributed by atoms with van der Waals surface area (Å²) in [4.78, 5) is 15.3. The van der Waals surface area contributed by atoms with Crippen LogP contribution in [-0.2, 0) is 4.79 Å². The third-order valence-electron chi connectivity index (χ3n) is 3.63. The molecule has 26 heavy (non-hydrogen) atoms. The molecule has 0 bridgehead atoms. The van der Waals surface area contributed by atoms with Crippen molar-refractivity contribution in [3.63, 3.8) is 0 Å². The molecule has 0 aliphatic rings. The first-order valence-corrected chi connectivity index (χ1v) is 8.11. The number of fused-ring (bicyclic) bond motifs is 1. The second kappa shape index (κ2) is 9.19. The fourth-order valence-corrected chi connectivity index (χ4v) is 2.49. The molecule has 1 aromatic heterocycles. The number of carbonyl (C=O) groups excluding carboxylic acids is 1. The number of pyridine rings is 1. The number of hydrogen-bond donors (Lipinski definition) is 0. The zero-order chi connectivity index (χ0) is 17.8. The molecule has 0 aliphatic heterocycles. The summed E-state index contributed by atoms with van der Waals surface area (Å²) in [5.41, 5.74) is 2.50. The Morgan fingerprint density at radius 1 is 1.15 bits per heavy atom.